The molecule has 1 aromatic heterocycles. The quantitative estimate of drug-likeness (QED) is 0.485. The minimum atomic E-state index is -0.261. The summed E-state index contributed by atoms with van der Waals surface area (Å²) in [6.45, 7) is 0.209. The van der Waals surface area contributed by atoms with Crippen LogP contribution in [0.2, 0.25) is 10.0 Å². The lowest BCUT2D eigenvalue weighted by molar-refractivity contribution is -0.111. The highest BCUT2D eigenvalue weighted by Crippen LogP contribution is 2.31. The van der Waals surface area contributed by atoms with E-state index >= 15 is 0 Å². The molecule has 28 heavy (non-hydrogen) atoms. The fourth-order valence-corrected chi connectivity index (χ4v) is 3.37. The van der Waals surface area contributed by atoms with Crippen molar-refractivity contribution in [1.29, 1.82) is 0 Å². The molecule has 1 amide bonds. The number of hydrogen-bond acceptors (Lipinski definition) is 5. The Morgan fingerprint density at radius 2 is 2.00 bits per heavy atom. The van der Waals surface area contributed by atoms with E-state index in [1.807, 2.05) is 6.07 Å². The summed E-state index contributed by atoms with van der Waals surface area (Å²) in [6.07, 6.45) is 4.74. The van der Waals surface area contributed by atoms with Crippen molar-refractivity contribution in [2.24, 2.45) is 0 Å². The van der Waals surface area contributed by atoms with Gasteiger partial charge in [0.1, 0.15) is 6.61 Å². The Morgan fingerprint density at radius 1 is 1.21 bits per heavy atom. The maximum Gasteiger partial charge on any atom is 0.250 e. The minimum Gasteiger partial charge on any atom is -0.493 e. The van der Waals surface area contributed by atoms with Gasteiger partial charge in [-0.05, 0) is 35.9 Å². The van der Waals surface area contributed by atoms with Crippen LogP contribution in [0.5, 0.6) is 11.5 Å². The van der Waals surface area contributed by atoms with Crippen molar-refractivity contribution in [3.63, 3.8) is 0 Å². The number of carbonyl (C=O) groups excluding carboxylic acids is 1. The van der Waals surface area contributed by atoms with Gasteiger partial charge in [-0.3, -0.25) is 10.1 Å². The number of methoxy groups -OCH3 is 1. The molecule has 1 heterocycles. The number of amides is 1. The number of halogens is 2. The highest BCUT2D eigenvalue weighted by molar-refractivity contribution is 7.13. The Bertz CT molecular complexity index is 971. The fourth-order valence-electron chi connectivity index (χ4n) is 2.33. The smallest absolute Gasteiger partial charge is 0.250 e. The fraction of sp³-hybridized carbons (Fsp3) is 0.100. The van der Waals surface area contributed by atoms with E-state index in [9.17, 15) is 4.79 Å². The summed E-state index contributed by atoms with van der Waals surface area (Å²) in [6, 6.07) is 10.7. The van der Waals surface area contributed by atoms with E-state index in [0.29, 0.717) is 32.2 Å². The van der Waals surface area contributed by atoms with Crippen LogP contribution in [0.3, 0.4) is 0 Å². The highest BCUT2D eigenvalue weighted by atomic mass is 35.5. The first-order valence-electron chi connectivity index (χ1n) is 8.19. The Balaban J connectivity index is 1.68. The molecule has 0 aliphatic carbocycles. The molecule has 0 saturated carbocycles. The van der Waals surface area contributed by atoms with Crippen molar-refractivity contribution in [2.75, 3.05) is 12.4 Å². The van der Waals surface area contributed by atoms with E-state index in [1.54, 1.807) is 55.1 Å². The number of ether oxygens (including phenoxy) is 2. The molecule has 0 bridgehead atoms. The second-order valence-corrected chi connectivity index (χ2v) is 7.27. The molecule has 2 aromatic carbocycles. The second kappa shape index (κ2) is 9.59. The standard InChI is InChI=1S/C20H16Cl2N2O3S/c1-26-18-11-13(6-8-19(25)24-20-23-9-10-28-20)5-7-17(18)27-12-14-15(21)3-2-4-16(14)22/h2-11H,12H2,1H3,(H,23,24,25)/b8-6+. The molecule has 3 aromatic rings. The molecule has 0 unspecified atom stereocenters. The van der Waals surface area contributed by atoms with Gasteiger partial charge < -0.3 is 9.47 Å². The summed E-state index contributed by atoms with van der Waals surface area (Å²) < 4.78 is 11.2. The first-order valence-corrected chi connectivity index (χ1v) is 9.82. The van der Waals surface area contributed by atoms with Gasteiger partial charge in [0, 0.05) is 33.3 Å². The van der Waals surface area contributed by atoms with Crippen molar-refractivity contribution in [2.45, 2.75) is 6.61 Å². The molecule has 0 spiro atoms. The average molecular weight is 435 g/mol. The summed E-state index contributed by atoms with van der Waals surface area (Å²) in [5.74, 6) is 0.816. The maximum atomic E-state index is 11.9. The predicted octanol–water partition coefficient (Wildman–Crippen LogP) is 5.69. The van der Waals surface area contributed by atoms with Crippen LogP contribution in [0, 0.1) is 0 Å². The summed E-state index contributed by atoms with van der Waals surface area (Å²) in [5.41, 5.74) is 1.49. The molecule has 0 saturated heterocycles. The lowest BCUT2D eigenvalue weighted by atomic mass is 10.2. The number of aromatic nitrogens is 1. The molecular formula is C20H16Cl2N2O3S. The van der Waals surface area contributed by atoms with Gasteiger partial charge in [0.25, 0.3) is 0 Å². The molecule has 0 aliphatic rings. The monoisotopic (exact) mass is 434 g/mol. The first-order chi connectivity index (χ1) is 13.6. The summed E-state index contributed by atoms with van der Waals surface area (Å²) >= 11 is 13.7. The van der Waals surface area contributed by atoms with Gasteiger partial charge in [0.05, 0.1) is 7.11 Å². The van der Waals surface area contributed by atoms with Crippen molar-refractivity contribution in [3.8, 4) is 11.5 Å². The number of benzene rings is 2. The number of carbonyl (C=O) groups is 1. The van der Waals surface area contributed by atoms with Crippen LogP contribution in [-0.2, 0) is 11.4 Å². The van der Waals surface area contributed by atoms with E-state index in [-0.39, 0.29) is 12.5 Å². The van der Waals surface area contributed by atoms with Crippen molar-refractivity contribution in [3.05, 3.63) is 75.2 Å². The number of nitrogens with zero attached hydrogens (tertiary/aromatic N) is 1. The Kier molecular flexibility index (Phi) is 6.92. The largest absolute Gasteiger partial charge is 0.493 e. The Labute approximate surface area is 176 Å². The zero-order chi connectivity index (χ0) is 19.9. The zero-order valence-electron chi connectivity index (χ0n) is 14.8. The van der Waals surface area contributed by atoms with Crippen LogP contribution in [0.25, 0.3) is 6.08 Å². The van der Waals surface area contributed by atoms with Crippen LogP contribution in [-0.4, -0.2) is 18.0 Å². The van der Waals surface area contributed by atoms with Gasteiger partial charge >= 0.3 is 0 Å². The lowest BCUT2D eigenvalue weighted by Gasteiger charge is -2.13. The van der Waals surface area contributed by atoms with Gasteiger partial charge in [-0.25, -0.2) is 4.98 Å². The topological polar surface area (TPSA) is 60.5 Å². The van der Waals surface area contributed by atoms with Gasteiger partial charge in [0.2, 0.25) is 5.91 Å². The van der Waals surface area contributed by atoms with E-state index in [2.05, 4.69) is 10.3 Å². The molecule has 3 rings (SSSR count). The Hall–Kier alpha value is -2.54. The van der Waals surface area contributed by atoms with Gasteiger partial charge in [-0.15, -0.1) is 11.3 Å². The summed E-state index contributed by atoms with van der Waals surface area (Å²) in [4.78, 5) is 15.9. The molecule has 5 nitrogen and oxygen atoms in total. The molecule has 1 N–H and O–H groups in total. The van der Waals surface area contributed by atoms with E-state index in [4.69, 9.17) is 32.7 Å². The molecule has 0 fully saturated rings. The van der Waals surface area contributed by atoms with Crippen LogP contribution in [0.15, 0.2) is 54.1 Å². The van der Waals surface area contributed by atoms with E-state index < -0.39 is 0 Å². The van der Waals surface area contributed by atoms with Crippen LogP contribution < -0.4 is 14.8 Å². The van der Waals surface area contributed by atoms with Crippen LogP contribution >= 0.6 is 34.5 Å². The minimum absolute atomic E-state index is 0.209. The van der Waals surface area contributed by atoms with Gasteiger partial charge in [-0.2, -0.15) is 0 Å². The van der Waals surface area contributed by atoms with Crippen molar-refractivity contribution in [1.82, 2.24) is 4.98 Å². The molecular weight excluding hydrogens is 419 g/mol. The molecule has 144 valence electrons. The SMILES string of the molecule is COc1cc(/C=C/C(=O)Nc2nccs2)ccc1OCc1c(Cl)cccc1Cl. The van der Waals surface area contributed by atoms with Gasteiger partial charge in [-0.1, -0.05) is 35.3 Å². The lowest BCUT2D eigenvalue weighted by Crippen LogP contribution is -2.07. The summed E-state index contributed by atoms with van der Waals surface area (Å²) in [7, 11) is 1.55. The van der Waals surface area contributed by atoms with E-state index in [1.165, 1.54) is 17.4 Å². The normalized spacial score (nSPS) is 10.8. The summed E-state index contributed by atoms with van der Waals surface area (Å²) in [5, 5.41) is 6.10. The zero-order valence-corrected chi connectivity index (χ0v) is 17.1. The van der Waals surface area contributed by atoms with Crippen LogP contribution in [0.1, 0.15) is 11.1 Å². The third-order valence-corrected chi connectivity index (χ3v) is 5.11. The maximum absolute atomic E-state index is 11.9. The van der Waals surface area contributed by atoms with E-state index in [0.717, 1.165) is 5.56 Å². The molecule has 8 heteroatoms. The number of anilines is 1. The highest BCUT2D eigenvalue weighted by Gasteiger charge is 2.10. The van der Waals surface area contributed by atoms with Crippen molar-refractivity contribution >= 4 is 51.7 Å². The second-order valence-electron chi connectivity index (χ2n) is 5.56. The number of nitrogens with one attached hydrogen (secondary N) is 1. The van der Waals surface area contributed by atoms with Crippen LogP contribution in [0.4, 0.5) is 5.13 Å². The van der Waals surface area contributed by atoms with Gasteiger partial charge in [0.15, 0.2) is 16.6 Å². The molecule has 0 aliphatic heterocycles. The van der Waals surface area contributed by atoms with Crippen molar-refractivity contribution < 1.29 is 14.3 Å². The number of hydrogen-bond donors (Lipinski definition) is 1. The number of thiazole rings is 1. The average Bonchev–Trinajstić information content (AvgIpc) is 3.19. The molecule has 0 atom stereocenters. The Morgan fingerprint density at radius 3 is 2.68 bits per heavy atom. The third kappa shape index (κ3) is 5.25. The number of rotatable bonds is 7. The first kappa shape index (κ1) is 20.2. The predicted molar refractivity (Wildman–Crippen MR) is 114 cm³/mol. The third-order valence-electron chi connectivity index (χ3n) is 3.71. The molecule has 0 radical (unpaired) electrons.